The average Bonchev–Trinajstić information content (AvgIpc) is 3.67. The van der Waals surface area contributed by atoms with Gasteiger partial charge in [-0.05, 0) is 135 Å². The van der Waals surface area contributed by atoms with Gasteiger partial charge in [-0.25, -0.2) is 0 Å². The van der Waals surface area contributed by atoms with E-state index in [1.165, 1.54) is 83.8 Å². The SMILES string of the molecule is CC1=CC2=C(C(C)C1)N(c1ccc(-c3ccccc3)cc1)C1C2=CC(c2ccc(Nc3ccc4c(c3)C(C)(C)c3ccccc3-4)c(C3=C[C@@H](C)CC=C3)c2)=CC1C. The fourth-order valence-corrected chi connectivity index (χ4v) is 10.5. The highest BCUT2D eigenvalue weighted by Gasteiger charge is 2.43. The van der Waals surface area contributed by atoms with Crippen LogP contribution in [0.5, 0.6) is 0 Å². The summed E-state index contributed by atoms with van der Waals surface area (Å²) in [5.41, 5.74) is 22.4. The molecular weight excluding hydrogens is 689 g/mol. The van der Waals surface area contributed by atoms with Crippen molar-refractivity contribution in [2.75, 3.05) is 10.2 Å². The molecule has 3 unspecified atom stereocenters. The number of allylic oxidation sites excluding steroid dienone is 9. The van der Waals surface area contributed by atoms with Gasteiger partial charge in [-0.1, -0.05) is 149 Å². The maximum atomic E-state index is 3.91. The van der Waals surface area contributed by atoms with Crippen LogP contribution in [0.2, 0.25) is 0 Å². The maximum Gasteiger partial charge on any atom is 0.0655 e. The molecule has 10 rings (SSSR count). The van der Waals surface area contributed by atoms with Gasteiger partial charge in [0, 0.05) is 39.7 Å². The van der Waals surface area contributed by atoms with Crippen molar-refractivity contribution >= 4 is 28.2 Å². The van der Waals surface area contributed by atoms with E-state index in [2.05, 4.69) is 203 Å². The van der Waals surface area contributed by atoms with Crippen LogP contribution in [0.4, 0.5) is 17.1 Å². The Bertz CT molecular complexity index is 2620. The van der Waals surface area contributed by atoms with Gasteiger partial charge in [0.1, 0.15) is 0 Å². The number of hydrogen-bond acceptors (Lipinski definition) is 2. The Morgan fingerprint density at radius 2 is 1.40 bits per heavy atom. The zero-order chi connectivity index (χ0) is 39.0. The van der Waals surface area contributed by atoms with Gasteiger partial charge in [0.05, 0.1) is 6.04 Å². The van der Waals surface area contributed by atoms with Crippen molar-refractivity contribution in [2.24, 2.45) is 17.8 Å². The van der Waals surface area contributed by atoms with Gasteiger partial charge in [0.25, 0.3) is 0 Å². The maximum absolute atomic E-state index is 3.91. The topological polar surface area (TPSA) is 15.3 Å². The number of anilines is 3. The second-order valence-corrected chi connectivity index (χ2v) is 17.8. The van der Waals surface area contributed by atoms with Crippen molar-refractivity contribution in [3.8, 4) is 22.3 Å². The highest BCUT2D eigenvalue weighted by Crippen LogP contribution is 2.52. The van der Waals surface area contributed by atoms with Crippen LogP contribution in [0.15, 0.2) is 174 Å². The first-order valence-electron chi connectivity index (χ1n) is 21.0. The van der Waals surface area contributed by atoms with Crippen LogP contribution in [0.1, 0.15) is 76.6 Å². The molecule has 0 spiro atoms. The molecule has 5 aliphatic rings. The summed E-state index contributed by atoms with van der Waals surface area (Å²) in [5, 5.41) is 3.91. The minimum atomic E-state index is -0.0452. The standard InChI is InChI=1S/C55H52N2/c1-34-13-12-16-41(28-34)47-31-40(21-26-52(47)56-43-22-25-46-45-17-10-11-18-50(45)55(5,6)51(46)33-43)42-30-37(4)54-49(32-42)48-29-35(2)27-36(3)53(48)57(54)44-23-19-39(20-24-44)38-14-8-7-9-15-38/h7-12,14-26,28-34,36-37,54,56H,13,27H2,1-6H3/t34-,36?,37?,54?/m0/s1. The van der Waals surface area contributed by atoms with Gasteiger partial charge < -0.3 is 10.2 Å². The predicted octanol–water partition coefficient (Wildman–Crippen LogP) is 14.5. The number of nitrogens with one attached hydrogen (secondary N) is 1. The Kier molecular flexibility index (Phi) is 8.52. The number of rotatable bonds is 6. The summed E-state index contributed by atoms with van der Waals surface area (Å²) in [6.07, 6.45) is 16.8. The summed E-state index contributed by atoms with van der Waals surface area (Å²) < 4.78 is 0. The van der Waals surface area contributed by atoms with Gasteiger partial charge in [-0.2, -0.15) is 0 Å². The molecule has 1 N–H and O–H groups in total. The predicted molar refractivity (Wildman–Crippen MR) is 243 cm³/mol. The number of benzene rings is 5. The largest absolute Gasteiger partial charge is 0.355 e. The molecule has 1 aliphatic heterocycles. The van der Waals surface area contributed by atoms with Crippen LogP contribution in [0.25, 0.3) is 33.4 Å². The Balaban J connectivity index is 1.03. The second-order valence-electron chi connectivity index (χ2n) is 17.8. The van der Waals surface area contributed by atoms with Crippen LogP contribution >= 0.6 is 0 Å². The molecule has 0 aromatic heterocycles. The quantitative estimate of drug-likeness (QED) is 0.186. The lowest BCUT2D eigenvalue weighted by Crippen LogP contribution is -2.38. The summed E-state index contributed by atoms with van der Waals surface area (Å²) in [5.74, 6) is 1.26. The van der Waals surface area contributed by atoms with Crippen molar-refractivity contribution in [1.82, 2.24) is 0 Å². The Hall–Kier alpha value is -5.86. The zero-order valence-electron chi connectivity index (χ0n) is 34.1. The Morgan fingerprint density at radius 1 is 0.667 bits per heavy atom. The first-order chi connectivity index (χ1) is 27.6. The average molecular weight is 741 g/mol. The number of fused-ring (bicyclic) bond motifs is 5. The van der Waals surface area contributed by atoms with Gasteiger partial charge in [-0.15, -0.1) is 0 Å². The fourth-order valence-electron chi connectivity index (χ4n) is 10.5. The fraction of sp³-hybridized carbons (Fsp3) is 0.236. The van der Waals surface area contributed by atoms with Crippen molar-refractivity contribution in [3.63, 3.8) is 0 Å². The molecule has 0 bridgehead atoms. The van der Waals surface area contributed by atoms with Gasteiger partial charge >= 0.3 is 0 Å². The van der Waals surface area contributed by atoms with Crippen molar-refractivity contribution < 1.29 is 0 Å². The smallest absolute Gasteiger partial charge is 0.0655 e. The molecule has 0 radical (unpaired) electrons. The molecule has 2 heteroatoms. The minimum Gasteiger partial charge on any atom is -0.355 e. The number of hydrogen-bond donors (Lipinski definition) is 1. The van der Waals surface area contributed by atoms with E-state index in [-0.39, 0.29) is 11.5 Å². The van der Waals surface area contributed by atoms with E-state index in [1.807, 2.05) is 0 Å². The third-order valence-corrected chi connectivity index (χ3v) is 13.2. The lowest BCUT2D eigenvalue weighted by molar-refractivity contribution is 0.561. The molecule has 4 aliphatic carbocycles. The molecular formula is C55H52N2. The molecule has 4 atom stereocenters. The normalized spacial score (nSPS) is 22.8. The van der Waals surface area contributed by atoms with E-state index in [0.29, 0.717) is 17.8 Å². The zero-order valence-corrected chi connectivity index (χ0v) is 34.1. The van der Waals surface area contributed by atoms with E-state index < -0.39 is 0 Å². The monoisotopic (exact) mass is 740 g/mol. The highest BCUT2D eigenvalue weighted by molar-refractivity contribution is 5.90. The molecule has 0 amide bonds. The Morgan fingerprint density at radius 3 is 2.21 bits per heavy atom. The summed E-state index contributed by atoms with van der Waals surface area (Å²) >= 11 is 0. The molecule has 282 valence electrons. The molecule has 2 nitrogen and oxygen atoms in total. The van der Waals surface area contributed by atoms with Gasteiger partial charge in [0.15, 0.2) is 0 Å². The lowest BCUT2D eigenvalue weighted by Gasteiger charge is -2.37. The van der Waals surface area contributed by atoms with Gasteiger partial charge in [-0.3, -0.25) is 0 Å². The molecule has 1 heterocycles. The third kappa shape index (κ3) is 6.00. The van der Waals surface area contributed by atoms with Crippen LogP contribution < -0.4 is 10.2 Å². The van der Waals surface area contributed by atoms with Crippen LogP contribution in [0, 0.1) is 17.8 Å². The lowest BCUT2D eigenvalue weighted by atomic mass is 9.80. The van der Waals surface area contributed by atoms with E-state index in [9.17, 15) is 0 Å². The molecule has 57 heavy (non-hydrogen) atoms. The molecule has 5 aromatic carbocycles. The summed E-state index contributed by atoms with van der Waals surface area (Å²) in [6.45, 7) is 14.2. The van der Waals surface area contributed by atoms with E-state index in [4.69, 9.17) is 0 Å². The van der Waals surface area contributed by atoms with Gasteiger partial charge in [0.2, 0.25) is 0 Å². The minimum absolute atomic E-state index is 0.0452. The van der Waals surface area contributed by atoms with Crippen LogP contribution in [-0.4, -0.2) is 6.04 Å². The first kappa shape index (κ1) is 35.5. The Labute approximate surface area is 339 Å². The van der Waals surface area contributed by atoms with Crippen LogP contribution in [-0.2, 0) is 5.41 Å². The van der Waals surface area contributed by atoms with Crippen molar-refractivity contribution in [2.45, 2.75) is 65.8 Å². The van der Waals surface area contributed by atoms with Crippen molar-refractivity contribution in [3.05, 3.63) is 196 Å². The molecule has 0 saturated carbocycles. The summed E-state index contributed by atoms with van der Waals surface area (Å²) in [6, 6.07) is 43.2. The van der Waals surface area contributed by atoms with Crippen molar-refractivity contribution in [1.29, 1.82) is 0 Å². The van der Waals surface area contributed by atoms with Crippen LogP contribution in [0.3, 0.4) is 0 Å². The van der Waals surface area contributed by atoms with E-state index in [1.54, 1.807) is 0 Å². The van der Waals surface area contributed by atoms with E-state index >= 15 is 0 Å². The molecule has 0 fully saturated rings. The first-order valence-corrected chi connectivity index (χ1v) is 21.0. The second kappa shape index (κ2) is 13.7. The third-order valence-electron chi connectivity index (χ3n) is 13.2. The molecule has 0 saturated heterocycles. The summed E-state index contributed by atoms with van der Waals surface area (Å²) in [7, 11) is 0. The van der Waals surface area contributed by atoms with E-state index in [0.717, 1.165) is 24.2 Å². The summed E-state index contributed by atoms with van der Waals surface area (Å²) in [4.78, 5) is 2.68. The molecule has 5 aromatic rings. The number of nitrogens with zero attached hydrogens (tertiary/aromatic N) is 1. The highest BCUT2D eigenvalue weighted by atomic mass is 15.2.